The SMILES string of the molecule is CC(C)(C(CC(=O)c1ccccc1)c1ccc2ccccc2c1)[N+](=O)[O-]. The number of benzene rings is 3. The van der Waals surface area contributed by atoms with Crippen molar-refractivity contribution in [3.8, 4) is 0 Å². The first-order chi connectivity index (χ1) is 12.4. The molecule has 3 aromatic carbocycles. The van der Waals surface area contributed by atoms with Crippen LogP contribution >= 0.6 is 0 Å². The zero-order valence-corrected chi connectivity index (χ0v) is 14.9. The van der Waals surface area contributed by atoms with Gasteiger partial charge in [0.1, 0.15) is 0 Å². The van der Waals surface area contributed by atoms with E-state index < -0.39 is 11.5 Å². The van der Waals surface area contributed by atoms with Crippen LogP contribution in [0.5, 0.6) is 0 Å². The summed E-state index contributed by atoms with van der Waals surface area (Å²) in [5, 5.41) is 13.8. The van der Waals surface area contributed by atoms with Gasteiger partial charge in [0.15, 0.2) is 5.78 Å². The quantitative estimate of drug-likeness (QED) is 0.347. The minimum absolute atomic E-state index is 0.0846. The number of rotatable bonds is 6. The summed E-state index contributed by atoms with van der Waals surface area (Å²) in [4.78, 5) is 24.2. The van der Waals surface area contributed by atoms with Gasteiger partial charge in [-0.3, -0.25) is 14.9 Å². The number of hydrogen-bond acceptors (Lipinski definition) is 3. The molecule has 3 rings (SSSR count). The predicted molar refractivity (Wildman–Crippen MR) is 103 cm³/mol. The lowest BCUT2D eigenvalue weighted by Crippen LogP contribution is -2.39. The third-order valence-corrected chi connectivity index (χ3v) is 4.98. The lowest BCUT2D eigenvalue weighted by Gasteiger charge is -2.27. The van der Waals surface area contributed by atoms with Gasteiger partial charge in [0, 0.05) is 30.8 Å². The van der Waals surface area contributed by atoms with E-state index in [1.54, 1.807) is 38.1 Å². The lowest BCUT2D eigenvalue weighted by atomic mass is 9.78. The molecule has 0 saturated carbocycles. The molecule has 4 nitrogen and oxygen atoms in total. The summed E-state index contributed by atoms with van der Waals surface area (Å²) in [6.07, 6.45) is 0.0936. The van der Waals surface area contributed by atoms with Crippen molar-refractivity contribution in [2.24, 2.45) is 0 Å². The summed E-state index contributed by atoms with van der Waals surface area (Å²) in [6.45, 7) is 3.18. The van der Waals surface area contributed by atoms with Gasteiger partial charge in [-0.2, -0.15) is 0 Å². The molecule has 1 unspecified atom stereocenters. The highest BCUT2D eigenvalue weighted by atomic mass is 16.6. The van der Waals surface area contributed by atoms with Crippen molar-refractivity contribution in [1.29, 1.82) is 0 Å². The Morgan fingerprint density at radius 1 is 0.962 bits per heavy atom. The Morgan fingerprint density at radius 2 is 1.58 bits per heavy atom. The van der Waals surface area contributed by atoms with Gasteiger partial charge < -0.3 is 0 Å². The molecular weight excluding hydrogens is 326 g/mol. The van der Waals surface area contributed by atoms with E-state index in [4.69, 9.17) is 0 Å². The van der Waals surface area contributed by atoms with Gasteiger partial charge in [-0.15, -0.1) is 0 Å². The van der Waals surface area contributed by atoms with Crippen molar-refractivity contribution in [2.75, 3.05) is 0 Å². The highest BCUT2D eigenvalue weighted by molar-refractivity contribution is 5.96. The van der Waals surface area contributed by atoms with E-state index in [1.807, 2.05) is 48.5 Å². The van der Waals surface area contributed by atoms with Crippen LogP contribution in [-0.2, 0) is 0 Å². The second-order valence-corrected chi connectivity index (χ2v) is 7.06. The Bertz CT molecular complexity index is 948. The average molecular weight is 347 g/mol. The first kappa shape index (κ1) is 17.8. The smallest absolute Gasteiger partial charge is 0.223 e. The molecule has 0 amide bonds. The number of Topliss-reactive ketones (excluding diaryl/α,β-unsaturated/α-hetero) is 1. The molecule has 0 spiro atoms. The van der Waals surface area contributed by atoms with Crippen molar-refractivity contribution in [2.45, 2.75) is 31.7 Å². The first-order valence-electron chi connectivity index (χ1n) is 8.61. The van der Waals surface area contributed by atoms with Gasteiger partial charge in [0.25, 0.3) is 0 Å². The van der Waals surface area contributed by atoms with Crippen molar-refractivity contribution < 1.29 is 9.72 Å². The Morgan fingerprint density at radius 3 is 2.23 bits per heavy atom. The van der Waals surface area contributed by atoms with Crippen LogP contribution in [0.15, 0.2) is 72.8 Å². The molecule has 3 aromatic rings. The van der Waals surface area contributed by atoms with Crippen LogP contribution in [0.2, 0.25) is 0 Å². The second kappa shape index (κ2) is 7.08. The van der Waals surface area contributed by atoms with Crippen LogP contribution in [0.4, 0.5) is 0 Å². The molecule has 0 aliphatic carbocycles. The first-order valence-corrected chi connectivity index (χ1v) is 8.61. The molecule has 0 aliphatic heterocycles. The number of nitro groups is 1. The van der Waals surface area contributed by atoms with Crippen molar-refractivity contribution in [1.82, 2.24) is 0 Å². The van der Waals surface area contributed by atoms with Crippen molar-refractivity contribution >= 4 is 16.6 Å². The van der Waals surface area contributed by atoms with Crippen LogP contribution in [0, 0.1) is 10.1 Å². The van der Waals surface area contributed by atoms with Crippen LogP contribution in [0.3, 0.4) is 0 Å². The molecule has 132 valence electrons. The van der Waals surface area contributed by atoms with Gasteiger partial charge in [-0.25, -0.2) is 0 Å². The van der Waals surface area contributed by atoms with E-state index >= 15 is 0 Å². The monoisotopic (exact) mass is 347 g/mol. The summed E-state index contributed by atoms with van der Waals surface area (Å²) in [5.74, 6) is -0.603. The molecule has 0 heterocycles. The molecule has 0 aromatic heterocycles. The van der Waals surface area contributed by atoms with E-state index in [1.165, 1.54) is 0 Å². The number of nitrogens with zero attached hydrogens (tertiary/aromatic N) is 1. The maximum absolute atomic E-state index is 12.7. The summed E-state index contributed by atoms with van der Waals surface area (Å²) in [6, 6.07) is 22.6. The van der Waals surface area contributed by atoms with Gasteiger partial charge in [-0.05, 0) is 16.3 Å². The topological polar surface area (TPSA) is 60.2 Å². The summed E-state index contributed by atoms with van der Waals surface area (Å²) in [5.41, 5.74) is 0.138. The molecule has 0 radical (unpaired) electrons. The van der Waals surface area contributed by atoms with Gasteiger partial charge in [0.05, 0.1) is 5.92 Å². The van der Waals surface area contributed by atoms with E-state index in [-0.39, 0.29) is 17.1 Å². The fraction of sp³-hybridized carbons (Fsp3) is 0.227. The Hall–Kier alpha value is -3.01. The molecule has 0 aliphatic rings. The Balaban J connectivity index is 2.02. The molecule has 0 fully saturated rings. The molecule has 0 bridgehead atoms. The van der Waals surface area contributed by atoms with E-state index in [0.29, 0.717) is 5.56 Å². The molecule has 4 heteroatoms. The van der Waals surface area contributed by atoms with Crippen molar-refractivity contribution in [3.05, 3.63) is 94.0 Å². The number of ketones is 1. The molecular formula is C22H21NO3. The van der Waals surface area contributed by atoms with E-state index in [2.05, 4.69) is 0 Å². The molecule has 26 heavy (non-hydrogen) atoms. The zero-order chi connectivity index (χ0) is 18.7. The number of carbonyl (C=O) groups excluding carboxylic acids is 1. The van der Waals surface area contributed by atoms with Crippen LogP contribution < -0.4 is 0 Å². The van der Waals surface area contributed by atoms with Crippen LogP contribution in [0.1, 0.15) is 42.1 Å². The minimum Gasteiger partial charge on any atom is -0.294 e. The predicted octanol–water partition coefficient (Wildman–Crippen LogP) is 5.25. The van der Waals surface area contributed by atoms with Crippen molar-refractivity contribution in [3.63, 3.8) is 0 Å². The fourth-order valence-corrected chi connectivity index (χ4v) is 3.25. The van der Waals surface area contributed by atoms with E-state index in [0.717, 1.165) is 16.3 Å². The summed E-state index contributed by atoms with van der Waals surface area (Å²) < 4.78 is 0. The standard InChI is InChI=1S/C22H21NO3/c1-22(2,23(25)26)20(15-21(24)17-9-4-3-5-10-17)19-13-12-16-8-6-7-11-18(16)14-19/h3-14,20H,15H2,1-2H3. The number of hydrogen-bond donors (Lipinski definition) is 0. The van der Waals surface area contributed by atoms with Gasteiger partial charge >= 0.3 is 0 Å². The van der Waals surface area contributed by atoms with Crippen LogP contribution in [-0.4, -0.2) is 16.2 Å². The average Bonchev–Trinajstić information content (AvgIpc) is 2.66. The third kappa shape index (κ3) is 3.49. The summed E-state index contributed by atoms with van der Waals surface area (Å²) >= 11 is 0. The van der Waals surface area contributed by atoms with Gasteiger partial charge in [0.2, 0.25) is 5.54 Å². The number of carbonyl (C=O) groups is 1. The Labute approximate surface area is 152 Å². The maximum atomic E-state index is 12.7. The maximum Gasteiger partial charge on any atom is 0.223 e. The third-order valence-electron chi connectivity index (χ3n) is 4.98. The normalized spacial score (nSPS) is 12.7. The van der Waals surface area contributed by atoms with E-state index in [9.17, 15) is 14.9 Å². The molecule has 0 N–H and O–H groups in total. The molecule has 0 saturated heterocycles. The molecule has 1 atom stereocenters. The highest BCUT2D eigenvalue weighted by Crippen LogP contribution is 2.36. The summed E-state index contributed by atoms with van der Waals surface area (Å²) in [7, 11) is 0. The largest absolute Gasteiger partial charge is 0.294 e. The zero-order valence-electron chi connectivity index (χ0n) is 14.9. The van der Waals surface area contributed by atoms with Crippen LogP contribution in [0.25, 0.3) is 10.8 Å². The second-order valence-electron chi connectivity index (χ2n) is 7.06. The minimum atomic E-state index is -1.26. The lowest BCUT2D eigenvalue weighted by molar-refractivity contribution is -0.565. The highest BCUT2D eigenvalue weighted by Gasteiger charge is 2.43. The fourth-order valence-electron chi connectivity index (χ4n) is 3.25. The van der Waals surface area contributed by atoms with Gasteiger partial charge in [-0.1, -0.05) is 72.8 Å². The Kier molecular flexibility index (Phi) is 4.85. The number of fused-ring (bicyclic) bond motifs is 1.